The van der Waals surface area contributed by atoms with Crippen LogP contribution in [0.3, 0.4) is 0 Å². The Morgan fingerprint density at radius 3 is 2.35 bits per heavy atom. The lowest BCUT2D eigenvalue weighted by Crippen LogP contribution is -2.38. The Kier molecular flexibility index (Phi) is 2.46. The van der Waals surface area contributed by atoms with Gasteiger partial charge in [0.25, 0.3) is 0 Å². The molecule has 0 N–H and O–H groups in total. The molecule has 0 aromatic rings. The molecule has 0 amide bonds. The van der Waals surface area contributed by atoms with Crippen LogP contribution >= 0.6 is 0 Å². The molecule has 0 radical (unpaired) electrons. The SMILES string of the molecule is C1=C(N2CCOCC2)C2CC3CC1CC(C3)C2. The molecule has 2 saturated carbocycles. The number of nitrogens with zero attached hydrogens (tertiary/aromatic N) is 1. The van der Waals surface area contributed by atoms with Crippen LogP contribution in [0.15, 0.2) is 11.8 Å². The summed E-state index contributed by atoms with van der Waals surface area (Å²) in [6.45, 7) is 4.12. The van der Waals surface area contributed by atoms with Crippen LogP contribution in [-0.4, -0.2) is 31.2 Å². The summed E-state index contributed by atoms with van der Waals surface area (Å²) in [5, 5.41) is 0. The highest BCUT2D eigenvalue weighted by Gasteiger charge is 2.41. The van der Waals surface area contributed by atoms with Crippen LogP contribution in [0, 0.1) is 23.7 Å². The molecule has 5 aliphatic rings. The first-order valence-electron chi connectivity index (χ1n) is 7.43. The summed E-state index contributed by atoms with van der Waals surface area (Å²) in [5.74, 6) is 3.90. The molecule has 94 valence electrons. The van der Waals surface area contributed by atoms with Gasteiger partial charge in [-0.05, 0) is 55.8 Å². The second-order valence-electron chi connectivity index (χ2n) is 6.56. The van der Waals surface area contributed by atoms with E-state index in [0.29, 0.717) is 0 Å². The van der Waals surface area contributed by atoms with Gasteiger partial charge in [0, 0.05) is 18.8 Å². The van der Waals surface area contributed by atoms with Crippen molar-refractivity contribution in [2.24, 2.45) is 23.7 Å². The standard InChI is InChI=1S/C15H23NO/c1-3-17-4-2-16(1)15-10-13-6-11-5-12(7-13)9-14(15)8-11/h10-14H,1-9H2. The maximum atomic E-state index is 5.49. The van der Waals surface area contributed by atoms with Gasteiger partial charge >= 0.3 is 0 Å². The zero-order chi connectivity index (χ0) is 11.2. The van der Waals surface area contributed by atoms with Crippen LogP contribution in [0.25, 0.3) is 0 Å². The van der Waals surface area contributed by atoms with Gasteiger partial charge in [0.15, 0.2) is 0 Å². The number of morpholine rings is 1. The van der Waals surface area contributed by atoms with Gasteiger partial charge in [-0.1, -0.05) is 6.08 Å². The third-order valence-corrected chi connectivity index (χ3v) is 5.38. The van der Waals surface area contributed by atoms with Gasteiger partial charge in [0.05, 0.1) is 13.2 Å². The molecule has 17 heavy (non-hydrogen) atoms. The molecule has 1 heterocycles. The van der Waals surface area contributed by atoms with Gasteiger partial charge in [-0.3, -0.25) is 0 Å². The molecular formula is C15H23NO. The summed E-state index contributed by atoms with van der Waals surface area (Å²) in [7, 11) is 0. The van der Waals surface area contributed by atoms with Crippen molar-refractivity contribution in [1.29, 1.82) is 0 Å². The molecule has 4 aliphatic carbocycles. The minimum atomic E-state index is 0.893. The highest BCUT2D eigenvalue weighted by Crippen LogP contribution is 2.51. The second-order valence-corrected chi connectivity index (χ2v) is 6.56. The fourth-order valence-electron chi connectivity index (χ4n) is 4.84. The van der Waals surface area contributed by atoms with Gasteiger partial charge in [0.1, 0.15) is 0 Å². The van der Waals surface area contributed by atoms with Gasteiger partial charge in [0.2, 0.25) is 0 Å². The topological polar surface area (TPSA) is 12.5 Å². The summed E-state index contributed by atoms with van der Waals surface area (Å²) in [5.41, 5.74) is 1.71. The van der Waals surface area contributed by atoms with Crippen molar-refractivity contribution in [3.05, 3.63) is 11.8 Å². The Balaban J connectivity index is 1.61. The first-order valence-corrected chi connectivity index (χ1v) is 7.43. The number of hydrogen-bond donors (Lipinski definition) is 0. The largest absolute Gasteiger partial charge is 0.378 e. The van der Waals surface area contributed by atoms with E-state index in [1.165, 1.54) is 32.1 Å². The van der Waals surface area contributed by atoms with E-state index in [1.54, 1.807) is 5.70 Å². The quantitative estimate of drug-likeness (QED) is 0.690. The molecule has 2 unspecified atom stereocenters. The van der Waals surface area contributed by atoms with Crippen LogP contribution in [0.5, 0.6) is 0 Å². The van der Waals surface area contributed by atoms with Gasteiger partial charge in [-0.15, -0.1) is 0 Å². The average Bonchev–Trinajstić information content (AvgIpc) is 2.55. The molecular weight excluding hydrogens is 210 g/mol. The molecule has 5 rings (SSSR count). The molecule has 1 aliphatic heterocycles. The van der Waals surface area contributed by atoms with Crippen LogP contribution in [0.2, 0.25) is 0 Å². The number of ether oxygens (including phenoxy) is 1. The van der Waals surface area contributed by atoms with Crippen LogP contribution < -0.4 is 0 Å². The van der Waals surface area contributed by atoms with Crippen molar-refractivity contribution in [2.75, 3.05) is 26.3 Å². The van der Waals surface area contributed by atoms with E-state index < -0.39 is 0 Å². The Bertz CT molecular complexity index is 318. The molecule has 2 nitrogen and oxygen atoms in total. The Hall–Kier alpha value is -0.500. The monoisotopic (exact) mass is 233 g/mol. The van der Waals surface area contributed by atoms with E-state index in [0.717, 1.165) is 50.0 Å². The highest BCUT2D eigenvalue weighted by atomic mass is 16.5. The number of hydrogen-bond acceptors (Lipinski definition) is 2. The summed E-state index contributed by atoms with van der Waals surface area (Å²) < 4.78 is 5.49. The van der Waals surface area contributed by atoms with Crippen LogP contribution in [0.4, 0.5) is 0 Å². The molecule has 0 aromatic carbocycles. The first kappa shape index (κ1) is 10.4. The molecule has 0 aromatic heterocycles. The minimum absolute atomic E-state index is 0.893. The van der Waals surface area contributed by atoms with Crippen molar-refractivity contribution in [2.45, 2.75) is 32.1 Å². The highest BCUT2D eigenvalue weighted by molar-refractivity contribution is 5.16. The molecule has 2 atom stereocenters. The molecule has 1 saturated heterocycles. The van der Waals surface area contributed by atoms with Gasteiger partial charge in [-0.25, -0.2) is 0 Å². The molecule has 4 bridgehead atoms. The van der Waals surface area contributed by atoms with Crippen molar-refractivity contribution < 1.29 is 4.74 Å². The van der Waals surface area contributed by atoms with E-state index >= 15 is 0 Å². The number of rotatable bonds is 1. The van der Waals surface area contributed by atoms with E-state index in [1.807, 2.05) is 0 Å². The van der Waals surface area contributed by atoms with E-state index in [4.69, 9.17) is 4.74 Å². The fourth-order valence-corrected chi connectivity index (χ4v) is 4.84. The maximum absolute atomic E-state index is 5.49. The van der Waals surface area contributed by atoms with E-state index in [-0.39, 0.29) is 0 Å². The van der Waals surface area contributed by atoms with Crippen LogP contribution in [0.1, 0.15) is 32.1 Å². The lowest BCUT2D eigenvalue weighted by atomic mass is 9.67. The fraction of sp³-hybridized carbons (Fsp3) is 0.867. The van der Waals surface area contributed by atoms with E-state index in [9.17, 15) is 0 Å². The minimum Gasteiger partial charge on any atom is -0.378 e. The van der Waals surface area contributed by atoms with Crippen LogP contribution in [-0.2, 0) is 4.74 Å². The Morgan fingerprint density at radius 2 is 1.65 bits per heavy atom. The lowest BCUT2D eigenvalue weighted by molar-refractivity contribution is 0.0435. The predicted molar refractivity (Wildman–Crippen MR) is 67.5 cm³/mol. The number of allylic oxidation sites excluding steroid dienone is 2. The zero-order valence-corrected chi connectivity index (χ0v) is 10.6. The summed E-state index contributed by atoms with van der Waals surface area (Å²) >= 11 is 0. The Labute approximate surface area is 104 Å². The van der Waals surface area contributed by atoms with Crippen molar-refractivity contribution in [3.8, 4) is 0 Å². The summed E-state index contributed by atoms with van der Waals surface area (Å²) in [6.07, 6.45) is 10.1. The lowest BCUT2D eigenvalue weighted by Gasteiger charge is -2.41. The summed E-state index contributed by atoms with van der Waals surface area (Å²) in [4.78, 5) is 2.64. The van der Waals surface area contributed by atoms with Crippen molar-refractivity contribution >= 4 is 0 Å². The smallest absolute Gasteiger partial charge is 0.0642 e. The summed E-state index contributed by atoms with van der Waals surface area (Å²) in [6, 6.07) is 0. The molecule has 3 fully saturated rings. The first-order chi connectivity index (χ1) is 8.38. The van der Waals surface area contributed by atoms with Crippen molar-refractivity contribution in [1.82, 2.24) is 4.90 Å². The van der Waals surface area contributed by atoms with E-state index in [2.05, 4.69) is 11.0 Å². The van der Waals surface area contributed by atoms with Crippen molar-refractivity contribution in [3.63, 3.8) is 0 Å². The molecule has 2 heteroatoms. The predicted octanol–water partition coefficient (Wildman–Crippen LogP) is 2.66. The third kappa shape index (κ3) is 1.81. The maximum Gasteiger partial charge on any atom is 0.0642 e. The third-order valence-electron chi connectivity index (χ3n) is 5.38. The van der Waals surface area contributed by atoms with Gasteiger partial charge in [-0.2, -0.15) is 0 Å². The molecule has 0 spiro atoms. The van der Waals surface area contributed by atoms with Gasteiger partial charge < -0.3 is 9.64 Å². The second kappa shape index (κ2) is 4.01. The normalized spacial score (nSPS) is 44.7. The Morgan fingerprint density at radius 1 is 0.941 bits per heavy atom. The zero-order valence-electron chi connectivity index (χ0n) is 10.6. The average molecular weight is 233 g/mol.